The molecule has 2 N–H and O–H groups in total. The predicted octanol–water partition coefficient (Wildman–Crippen LogP) is 13.8. The fourth-order valence-corrected chi connectivity index (χ4v) is 8.93. The molecule has 0 saturated carbocycles. The SMILES string of the molecule is Cc1ccc(-c2c3nc(c(-c4c(C)cc(C)cc4C)c4ccc([nH]4)c(-c4ccc(C)cc4)c4nc(c(-c5c(C)cc(C)cc5C)c5ccc2[nH]5)C=C4)C=C3)cc1. The van der Waals surface area contributed by atoms with Crippen molar-refractivity contribution in [1.29, 1.82) is 0 Å². The molecule has 274 valence electrons. The monoisotopic (exact) mass is 726 g/mol. The van der Waals surface area contributed by atoms with E-state index in [0.717, 1.165) is 78.2 Å². The number of rotatable bonds is 4. The Kier molecular flexibility index (Phi) is 8.58. The molecule has 4 nitrogen and oxygen atoms in total. The molecule has 2 aliphatic heterocycles. The average molecular weight is 727 g/mol. The molecule has 0 spiro atoms. The highest BCUT2D eigenvalue weighted by Gasteiger charge is 2.21. The van der Waals surface area contributed by atoms with Gasteiger partial charge in [0.25, 0.3) is 0 Å². The van der Waals surface area contributed by atoms with Crippen LogP contribution in [0.5, 0.6) is 0 Å². The van der Waals surface area contributed by atoms with Gasteiger partial charge in [-0.25, -0.2) is 9.97 Å². The Bertz CT molecular complexity index is 2710. The lowest BCUT2D eigenvalue weighted by Crippen LogP contribution is -1.95. The normalized spacial score (nSPS) is 12.1. The van der Waals surface area contributed by atoms with Gasteiger partial charge in [0.15, 0.2) is 0 Å². The quantitative estimate of drug-likeness (QED) is 0.190. The maximum atomic E-state index is 5.52. The third-order valence-electron chi connectivity index (χ3n) is 11.3. The van der Waals surface area contributed by atoms with E-state index in [9.17, 15) is 0 Å². The Morgan fingerprint density at radius 2 is 0.589 bits per heavy atom. The summed E-state index contributed by atoms with van der Waals surface area (Å²) < 4.78 is 0. The van der Waals surface area contributed by atoms with Crippen molar-refractivity contribution in [2.75, 3.05) is 0 Å². The Hall–Kier alpha value is -6.52. The number of fused-ring (bicyclic) bond motifs is 8. The second kappa shape index (κ2) is 13.6. The van der Waals surface area contributed by atoms with Crippen LogP contribution >= 0.6 is 0 Å². The van der Waals surface area contributed by atoms with Gasteiger partial charge in [0, 0.05) is 44.3 Å². The van der Waals surface area contributed by atoms with Crippen molar-refractivity contribution < 1.29 is 0 Å². The molecule has 4 aromatic carbocycles. The van der Waals surface area contributed by atoms with Gasteiger partial charge in [-0.2, -0.15) is 0 Å². The largest absolute Gasteiger partial charge is 0.354 e. The number of benzene rings is 4. The van der Waals surface area contributed by atoms with E-state index in [2.05, 4.69) is 187 Å². The summed E-state index contributed by atoms with van der Waals surface area (Å²) in [4.78, 5) is 18.9. The molecule has 3 aromatic heterocycles. The van der Waals surface area contributed by atoms with Gasteiger partial charge in [-0.1, -0.05) is 95.1 Å². The molecule has 0 fully saturated rings. The number of hydrogen-bond donors (Lipinski definition) is 2. The molecule has 0 unspecified atom stereocenters. The van der Waals surface area contributed by atoms with Crippen molar-refractivity contribution in [2.24, 2.45) is 0 Å². The second-order valence-corrected chi connectivity index (χ2v) is 15.8. The van der Waals surface area contributed by atoms with Crippen LogP contribution in [0, 0.1) is 55.4 Å². The zero-order valence-corrected chi connectivity index (χ0v) is 33.4. The van der Waals surface area contributed by atoms with E-state index >= 15 is 0 Å². The lowest BCUT2D eigenvalue weighted by Gasteiger charge is -2.13. The molecule has 0 atom stereocenters. The highest BCUT2D eigenvalue weighted by atomic mass is 14.8. The van der Waals surface area contributed by atoms with Crippen molar-refractivity contribution in [1.82, 2.24) is 19.9 Å². The molecule has 2 aliphatic rings. The first kappa shape index (κ1) is 35.2. The van der Waals surface area contributed by atoms with Crippen LogP contribution in [0.3, 0.4) is 0 Å². The van der Waals surface area contributed by atoms with Crippen LogP contribution in [0.1, 0.15) is 67.3 Å². The molecular formula is C52H46N4. The van der Waals surface area contributed by atoms with Crippen molar-refractivity contribution in [2.45, 2.75) is 55.4 Å². The number of hydrogen-bond acceptors (Lipinski definition) is 2. The molecule has 0 amide bonds. The lowest BCUT2D eigenvalue weighted by atomic mass is 9.92. The third kappa shape index (κ3) is 6.12. The summed E-state index contributed by atoms with van der Waals surface area (Å²) in [7, 11) is 0. The molecule has 0 aliphatic carbocycles. The van der Waals surface area contributed by atoms with Crippen LogP contribution in [-0.4, -0.2) is 19.9 Å². The predicted molar refractivity (Wildman–Crippen MR) is 238 cm³/mol. The van der Waals surface area contributed by atoms with Crippen LogP contribution in [0.2, 0.25) is 0 Å². The van der Waals surface area contributed by atoms with Gasteiger partial charge in [0.2, 0.25) is 0 Å². The molecule has 4 heteroatoms. The smallest absolute Gasteiger partial charge is 0.0737 e. The minimum Gasteiger partial charge on any atom is -0.354 e. The summed E-state index contributed by atoms with van der Waals surface area (Å²) in [6.07, 6.45) is 8.73. The zero-order valence-electron chi connectivity index (χ0n) is 33.4. The molecule has 0 saturated heterocycles. The summed E-state index contributed by atoms with van der Waals surface area (Å²) in [6.45, 7) is 17.4. The van der Waals surface area contributed by atoms with Crippen LogP contribution < -0.4 is 0 Å². The number of aromatic amines is 2. The van der Waals surface area contributed by atoms with E-state index in [1.807, 2.05) is 0 Å². The van der Waals surface area contributed by atoms with Crippen LogP contribution in [-0.2, 0) is 0 Å². The Morgan fingerprint density at radius 1 is 0.304 bits per heavy atom. The van der Waals surface area contributed by atoms with Crippen molar-refractivity contribution in [3.05, 3.63) is 164 Å². The van der Waals surface area contributed by atoms with Crippen LogP contribution in [0.25, 0.3) is 90.9 Å². The number of nitrogens with one attached hydrogen (secondary N) is 2. The zero-order chi connectivity index (χ0) is 38.8. The molecule has 7 aromatic rings. The number of nitrogens with zero attached hydrogens (tertiary/aromatic N) is 2. The van der Waals surface area contributed by atoms with E-state index in [1.54, 1.807) is 0 Å². The highest BCUT2D eigenvalue weighted by molar-refractivity contribution is 6.01. The van der Waals surface area contributed by atoms with E-state index < -0.39 is 0 Å². The van der Waals surface area contributed by atoms with Crippen molar-refractivity contribution >= 4 is 46.4 Å². The summed E-state index contributed by atoms with van der Waals surface area (Å²) >= 11 is 0. The molecule has 9 rings (SSSR count). The summed E-state index contributed by atoms with van der Waals surface area (Å²) in [5, 5.41) is 0. The van der Waals surface area contributed by atoms with E-state index in [1.165, 1.54) is 55.6 Å². The third-order valence-corrected chi connectivity index (χ3v) is 11.3. The van der Waals surface area contributed by atoms with Gasteiger partial charge in [0.05, 0.1) is 22.8 Å². The lowest BCUT2D eigenvalue weighted by molar-refractivity contribution is 1.28. The summed E-state index contributed by atoms with van der Waals surface area (Å²) in [5.41, 5.74) is 26.4. The van der Waals surface area contributed by atoms with Crippen molar-refractivity contribution in [3.8, 4) is 44.5 Å². The maximum absolute atomic E-state index is 5.52. The first-order valence-electron chi connectivity index (χ1n) is 19.5. The minimum absolute atomic E-state index is 0.918. The van der Waals surface area contributed by atoms with Crippen molar-refractivity contribution in [3.63, 3.8) is 0 Å². The van der Waals surface area contributed by atoms with Gasteiger partial charge >= 0.3 is 0 Å². The Labute approximate surface area is 329 Å². The first-order chi connectivity index (χ1) is 27.0. The fourth-order valence-electron chi connectivity index (χ4n) is 8.93. The Balaban J connectivity index is 1.50. The maximum Gasteiger partial charge on any atom is 0.0737 e. The van der Waals surface area contributed by atoms with Gasteiger partial charge in [-0.3, -0.25) is 0 Å². The summed E-state index contributed by atoms with van der Waals surface area (Å²) in [5.74, 6) is 0. The molecule has 0 radical (unpaired) electrons. The Morgan fingerprint density at radius 3 is 0.911 bits per heavy atom. The van der Waals surface area contributed by atoms with Gasteiger partial charge in [-0.15, -0.1) is 0 Å². The van der Waals surface area contributed by atoms with E-state index in [4.69, 9.17) is 9.97 Å². The summed E-state index contributed by atoms with van der Waals surface area (Å²) in [6, 6.07) is 35.5. The van der Waals surface area contributed by atoms with Crippen LogP contribution in [0.4, 0.5) is 0 Å². The molecule has 56 heavy (non-hydrogen) atoms. The molecule has 5 heterocycles. The van der Waals surface area contributed by atoms with Crippen LogP contribution in [0.15, 0.2) is 97.1 Å². The second-order valence-electron chi connectivity index (χ2n) is 15.8. The number of aryl methyl sites for hydroxylation is 8. The number of aromatic nitrogens is 4. The first-order valence-corrected chi connectivity index (χ1v) is 19.5. The van der Waals surface area contributed by atoms with Gasteiger partial charge in [0.1, 0.15) is 0 Å². The number of H-pyrrole nitrogens is 2. The van der Waals surface area contributed by atoms with Gasteiger partial charge < -0.3 is 9.97 Å². The standard InChI is InChI=1S/C52H46N4/c1-29-9-13-37(14-10-29)49-39-17-21-43(53-39)51(47-33(5)25-31(3)26-34(47)6)45-23-19-41(55-45)50(38-15-11-30(2)12-16-38)42-20-24-46(56-42)52(44-22-18-40(49)54-44)48-35(7)27-32(4)28-36(48)8/h9-28,53,56H,1-8H3. The van der Waals surface area contributed by atoms with E-state index in [-0.39, 0.29) is 0 Å². The van der Waals surface area contributed by atoms with E-state index in [0.29, 0.717) is 0 Å². The molecular weight excluding hydrogens is 681 g/mol. The average Bonchev–Trinajstić information content (AvgIpc) is 3.99. The topological polar surface area (TPSA) is 57.4 Å². The minimum atomic E-state index is 0.918. The van der Waals surface area contributed by atoms with Gasteiger partial charge in [-0.05, 0) is 148 Å². The highest BCUT2D eigenvalue weighted by Crippen LogP contribution is 2.41. The molecule has 8 bridgehead atoms. The fraction of sp³-hybridized carbons (Fsp3) is 0.154.